The summed E-state index contributed by atoms with van der Waals surface area (Å²) in [4.78, 5) is 41.9. The molecule has 1 atom stereocenters. The molecule has 1 aromatic carbocycles. The summed E-state index contributed by atoms with van der Waals surface area (Å²) in [6.07, 6.45) is 3.11. The van der Waals surface area contributed by atoms with Gasteiger partial charge in [-0.3, -0.25) is 9.59 Å². The molecule has 3 heterocycles. The van der Waals surface area contributed by atoms with Gasteiger partial charge in [-0.15, -0.1) is 11.3 Å². The molecule has 0 fully saturated rings. The third kappa shape index (κ3) is 4.44. The van der Waals surface area contributed by atoms with Crippen molar-refractivity contribution < 1.29 is 4.79 Å². The Labute approximate surface area is 184 Å². The molecule has 0 radical (unpaired) electrons. The Morgan fingerprint density at radius 2 is 1.97 bits per heavy atom. The van der Waals surface area contributed by atoms with Crippen molar-refractivity contribution in [2.45, 2.75) is 46.1 Å². The fourth-order valence-corrected chi connectivity index (χ4v) is 4.61. The van der Waals surface area contributed by atoms with Gasteiger partial charge in [-0.2, -0.15) is 0 Å². The summed E-state index contributed by atoms with van der Waals surface area (Å²) in [6.45, 7) is 5.92. The van der Waals surface area contributed by atoms with Gasteiger partial charge in [-0.25, -0.2) is 9.97 Å². The SMILES string of the molecule is CCC(NC(=O)CCc1nc2sc(C)c(C)c2c(=O)[nH]1)c1ncc(-c2ccccc2)[nH]1. The van der Waals surface area contributed by atoms with Crippen molar-refractivity contribution in [3.8, 4) is 11.3 Å². The van der Waals surface area contributed by atoms with Gasteiger partial charge < -0.3 is 15.3 Å². The van der Waals surface area contributed by atoms with Gasteiger partial charge in [-0.1, -0.05) is 37.3 Å². The average molecular weight is 436 g/mol. The largest absolute Gasteiger partial charge is 0.346 e. The Morgan fingerprint density at radius 1 is 1.19 bits per heavy atom. The number of aromatic amines is 2. The molecule has 3 aromatic heterocycles. The molecule has 0 spiro atoms. The van der Waals surface area contributed by atoms with Crippen molar-refractivity contribution in [2.75, 3.05) is 0 Å². The Kier molecular flexibility index (Phi) is 5.99. The Hall–Kier alpha value is -3.26. The number of benzene rings is 1. The fraction of sp³-hybridized carbons (Fsp3) is 0.304. The number of aryl methyl sites for hydroxylation is 3. The van der Waals surface area contributed by atoms with Crippen LogP contribution in [0, 0.1) is 13.8 Å². The van der Waals surface area contributed by atoms with Crippen LogP contribution in [0.4, 0.5) is 0 Å². The molecule has 0 aliphatic heterocycles. The van der Waals surface area contributed by atoms with Crippen molar-refractivity contribution in [1.82, 2.24) is 25.3 Å². The number of nitrogens with zero attached hydrogens (tertiary/aromatic N) is 2. The van der Waals surface area contributed by atoms with Gasteiger partial charge in [0.05, 0.1) is 23.3 Å². The predicted molar refractivity (Wildman–Crippen MR) is 123 cm³/mol. The molecule has 0 aliphatic rings. The van der Waals surface area contributed by atoms with Gasteiger partial charge in [0, 0.05) is 17.7 Å². The molecule has 4 aromatic rings. The zero-order valence-electron chi connectivity index (χ0n) is 17.8. The first-order valence-electron chi connectivity index (χ1n) is 10.3. The number of nitrogens with one attached hydrogen (secondary N) is 3. The molecule has 1 amide bonds. The van der Waals surface area contributed by atoms with Crippen LogP contribution in [0.5, 0.6) is 0 Å². The zero-order chi connectivity index (χ0) is 22.0. The highest BCUT2D eigenvalue weighted by Gasteiger charge is 2.17. The van der Waals surface area contributed by atoms with Crippen LogP contribution >= 0.6 is 11.3 Å². The number of aromatic nitrogens is 4. The molecular weight excluding hydrogens is 410 g/mol. The van der Waals surface area contributed by atoms with Gasteiger partial charge >= 0.3 is 0 Å². The summed E-state index contributed by atoms with van der Waals surface area (Å²) >= 11 is 1.51. The number of hydrogen-bond acceptors (Lipinski definition) is 5. The van der Waals surface area contributed by atoms with E-state index in [1.165, 1.54) is 11.3 Å². The predicted octanol–water partition coefficient (Wildman–Crippen LogP) is 4.19. The van der Waals surface area contributed by atoms with Crippen molar-refractivity contribution >= 4 is 27.5 Å². The molecule has 160 valence electrons. The molecule has 3 N–H and O–H groups in total. The molecule has 0 saturated heterocycles. The zero-order valence-corrected chi connectivity index (χ0v) is 18.6. The minimum Gasteiger partial charge on any atom is -0.346 e. The number of hydrogen-bond donors (Lipinski definition) is 3. The monoisotopic (exact) mass is 435 g/mol. The van der Waals surface area contributed by atoms with E-state index in [9.17, 15) is 9.59 Å². The first kappa shape index (κ1) is 21.0. The van der Waals surface area contributed by atoms with Crippen molar-refractivity contribution in [3.63, 3.8) is 0 Å². The second kappa shape index (κ2) is 8.85. The van der Waals surface area contributed by atoms with Gasteiger partial charge in [-0.05, 0) is 31.4 Å². The summed E-state index contributed by atoms with van der Waals surface area (Å²) in [7, 11) is 0. The van der Waals surface area contributed by atoms with E-state index in [1.807, 2.05) is 51.1 Å². The molecular formula is C23H25N5O2S. The van der Waals surface area contributed by atoms with Crippen LogP contribution in [-0.4, -0.2) is 25.8 Å². The van der Waals surface area contributed by atoms with Gasteiger partial charge in [0.15, 0.2) is 0 Å². The van der Waals surface area contributed by atoms with Crippen LogP contribution < -0.4 is 10.9 Å². The summed E-state index contributed by atoms with van der Waals surface area (Å²) < 4.78 is 0. The van der Waals surface area contributed by atoms with Crippen LogP contribution in [0.2, 0.25) is 0 Å². The maximum absolute atomic E-state index is 12.6. The quantitative estimate of drug-likeness (QED) is 0.405. The Morgan fingerprint density at radius 3 is 2.71 bits per heavy atom. The molecule has 7 nitrogen and oxygen atoms in total. The van der Waals surface area contributed by atoms with E-state index >= 15 is 0 Å². The van der Waals surface area contributed by atoms with Gasteiger partial charge in [0.1, 0.15) is 16.5 Å². The molecule has 0 bridgehead atoms. The lowest BCUT2D eigenvalue weighted by Gasteiger charge is -2.14. The summed E-state index contributed by atoms with van der Waals surface area (Å²) in [6, 6.07) is 9.74. The highest BCUT2D eigenvalue weighted by atomic mass is 32.1. The molecule has 4 rings (SSSR count). The molecule has 31 heavy (non-hydrogen) atoms. The lowest BCUT2D eigenvalue weighted by molar-refractivity contribution is -0.121. The molecule has 0 aliphatic carbocycles. The number of rotatable bonds is 7. The van der Waals surface area contributed by atoms with Crippen molar-refractivity contribution in [2.24, 2.45) is 0 Å². The van der Waals surface area contributed by atoms with E-state index in [-0.39, 0.29) is 23.9 Å². The number of thiophene rings is 1. The maximum Gasteiger partial charge on any atom is 0.259 e. The summed E-state index contributed by atoms with van der Waals surface area (Å²) in [5.41, 5.74) is 2.79. The van der Waals surface area contributed by atoms with E-state index in [4.69, 9.17) is 0 Å². The third-order valence-corrected chi connectivity index (χ3v) is 6.53. The number of fused-ring (bicyclic) bond motifs is 1. The van der Waals surface area contributed by atoms with E-state index in [0.29, 0.717) is 24.1 Å². The van der Waals surface area contributed by atoms with Crippen LogP contribution in [0.25, 0.3) is 21.5 Å². The normalized spacial score (nSPS) is 12.2. The fourth-order valence-electron chi connectivity index (χ4n) is 3.56. The number of carbonyl (C=O) groups excluding carboxylic acids is 1. The second-order valence-electron chi connectivity index (χ2n) is 7.55. The lowest BCUT2D eigenvalue weighted by atomic mass is 10.1. The lowest BCUT2D eigenvalue weighted by Crippen LogP contribution is -2.29. The van der Waals surface area contributed by atoms with Crippen LogP contribution in [0.1, 0.15) is 47.9 Å². The first-order valence-corrected chi connectivity index (χ1v) is 11.2. The highest BCUT2D eigenvalue weighted by Crippen LogP contribution is 2.26. The number of amides is 1. The first-order chi connectivity index (χ1) is 15.0. The second-order valence-corrected chi connectivity index (χ2v) is 8.76. The van der Waals surface area contributed by atoms with Crippen molar-refractivity contribution in [3.05, 3.63) is 69.0 Å². The van der Waals surface area contributed by atoms with Crippen molar-refractivity contribution in [1.29, 1.82) is 0 Å². The third-order valence-electron chi connectivity index (χ3n) is 5.43. The minimum atomic E-state index is -0.206. The summed E-state index contributed by atoms with van der Waals surface area (Å²) in [5.74, 6) is 1.16. The summed E-state index contributed by atoms with van der Waals surface area (Å²) in [5, 5.41) is 3.68. The Bertz CT molecular complexity index is 1270. The molecule has 1 unspecified atom stereocenters. The molecule has 0 saturated carbocycles. The smallest absolute Gasteiger partial charge is 0.259 e. The molecule has 8 heteroatoms. The standard InChI is InChI=1S/C23H25N5O2S/c1-4-16(21-24-12-17(26-21)15-8-6-5-7-9-15)25-19(29)11-10-18-27-22(30)20-13(2)14(3)31-23(20)28-18/h5-9,12,16H,4,10-11H2,1-3H3,(H,24,26)(H,25,29)(H,27,28,30). The average Bonchev–Trinajstić information content (AvgIpc) is 3.36. The van der Waals surface area contributed by atoms with E-state index in [0.717, 1.165) is 32.4 Å². The number of H-pyrrole nitrogens is 2. The van der Waals surface area contributed by atoms with Crippen LogP contribution in [0.15, 0.2) is 41.3 Å². The number of imidazole rings is 1. The van der Waals surface area contributed by atoms with Crippen LogP contribution in [0.3, 0.4) is 0 Å². The number of carbonyl (C=O) groups is 1. The topological polar surface area (TPSA) is 104 Å². The van der Waals surface area contributed by atoms with Gasteiger partial charge in [0.25, 0.3) is 5.56 Å². The van der Waals surface area contributed by atoms with E-state index < -0.39 is 0 Å². The van der Waals surface area contributed by atoms with E-state index in [2.05, 4.69) is 25.3 Å². The van der Waals surface area contributed by atoms with Crippen LogP contribution in [-0.2, 0) is 11.2 Å². The highest BCUT2D eigenvalue weighted by molar-refractivity contribution is 7.18. The Balaban J connectivity index is 1.42. The van der Waals surface area contributed by atoms with Gasteiger partial charge in [0.2, 0.25) is 5.91 Å². The minimum absolute atomic E-state index is 0.106. The van der Waals surface area contributed by atoms with E-state index in [1.54, 1.807) is 6.20 Å². The maximum atomic E-state index is 12.6.